The summed E-state index contributed by atoms with van der Waals surface area (Å²) in [5.74, 6) is -0.650. The molecular formula is C38H39BrF2N6O2. The lowest BCUT2D eigenvalue weighted by Gasteiger charge is -2.36. The van der Waals surface area contributed by atoms with Crippen LogP contribution in [0.1, 0.15) is 38.2 Å². The summed E-state index contributed by atoms with van der Waals surface area (Å²) in [5.41, 5.74) is 5.90. The highest BCUT2D eigenvalue weighted by Gasteiger charge is 2.20. The second kappa shape index (κ2) is 19.4. The molecule has 2 aliphatic heterocycles. The third-order valence-corrected chi connectivity index (χ3v) is 8.85. The molecule has 2 heterocycles. The SMILES string of the molecule is N#Cc1ccc(N2CCN(Cc3ccc(C=O)cc3)CC2)c(F)c1.N#Cc1ccc(N2CCNCC2)c(F)c1.OCc1ccc(CBr)cc1. The van der Waals surface area contributed by atoms with Gasteiger partial charge in [0.15, 0.2) is 0 Å². The van der Waals surface area contributed by atoms with Crippen LogP contribution in [0, 0.1) is 34.3 Å². The van der Waals surface area contributed by atoms with E-state index in [1.165, 1.54) is 23.3 Å². The molecule has 8 nitrogen and oxygen atoms in total. The molecule has 4 aromatic rings. The summed E-state index contributed by atoms with van der Waals surface area (Å²) < 4.78 is 27.7. The largest absolute Gasteiger partial charge is 0.392 e. The molecule has 0 spiro atoms. The summed E-state index contributed by atoms with van der Waals surface area (Å²) in [4.78, 5) is 17.0. The molecule has 2 saturated heterocycles. The lowest BCUT2D eigenvalue weighted by atomic mass is 10.1. The number of piperazine rings is 2. The summed E-state index contributed by atoms with van der Waals surface area (Å²) in [6.45, 7) is 7.49. The molecule has 11 heteroatoms. The molecule has 0 radical (unpaired) electrons. The van der Waals surface area contributed by atoms with Crippen molar-refractivity contribution in [2.75, 3.05) is 62.2 Å². The summed E-state index contributed by atoms with van der Waals surface area (Å²) in [6, 6.07) is 28.6. The Morgan fingerprint density at radius 1 is 0.714 bits per heavy atom. The van der Waals surface area contributed by atoms with Gasteiger partial charge in [0.25, 0.3) is 0 Å². The van der Waals surface area contributed by atoms with Gasteiger partial charge in [-0.15, -0.1) is 0 Å². The van der Waals surface area contributed by atoms with E-state index in [2.05, 4.69) is 26.1 Å². The Morgan fingerprint density at radius 3 is 1.65 bits per heavy atom. The quantitative estimate of drug-likeness (QED) is 0.176. The van der Waals surface area contributed by atoms with Gasteiger partial charge in [0.2, 0.25) is 0 Å². The van der Waals surface area contributed by atoms with Gasteiger partial charge >= 0.3 is 0 Å². The molecule has 2 aliphatic rings. The van der Waals surface area contributed by atoms with E-state index in [0.717, 1.165) is 76.1 Å². The van der Waals surface area contributed by atoms with E-state index >= 15 is 0 Å². The number of hydrogen-bond acceptors (Lipinski definition) is 8. The zero-order chi connectivity index (χ0) is 35.0. The molecule has 0 aliphatic carbocycles. The Kier molecular flexibility index (Phi) is 14.7. The van der Waals surface area contributed by atoms with Gasteiger partial charge < -0.3 is 20.2 Å². The maximum absolute atomic E-state index is 14.1. The van der Waals surface area contributed by atoms with Crippen LogP contribution >= 0.6 is 15.9 Å². The van der Waals surface area contributed by atoms with E-state index in [0.29, 0.717) is 28.1 Å². The van der Waals surface area contributed by atoms with Gasteiger partial charge in [0, 0.05) is 69.8 Å². The van der Waals surface area contributed by atoms with Crippen LogP contribution in [0.2, 0.25) is 0 Å². The van der Waals surface area contributed by atoms with E-state index in [-0.39, 0.29) is 18.2 Å². The topological polar surface area (TPSA) is 107 Å². The number of benzene rings is 4. The maximum Gasteiger partial charge on any atom is 0.150 e. The van der Waals surface area contributed by atoms with Gasteiger partial charge in [-0.2, -0.15) is 10.5 Å². The second-order valence-corrected chi connectivity index (χ2v) is 12.1. The Hall–Kier alpha value is -4.65. The number of carbonyl (C=O) groups excluding carboxylic acids is 1. The molecule has 49 heavy (non-hydrogen) atoms. The van der Waals surface area contributed by atoms with E-state index in [1.54, 1.807) is 24.3 Å². The van der Waals surface area contributed by atoms with Crippen LogP contribution in [0.15, 0.2) is 84.9 Å². The number of anilines is 2. The molecule has 0 aromatic heterocycles. The molecule has 6 rings (SSSR count). The lowest BCUT2D eigenvalue weighted by Crippen LogP contribution is -2.46. The minimum absolute atomic E-state index is 0.128. The number of nitrogens with zero attached hydrogens (tertiary/aromatic N) is 5. The van der Waals surface area contributed by atoms with Crippen molar-refractivity contribution >= 4 is 33.6 Å². The Labute approximate surface area is 294 Å². The normalized spacial score (nSPS) is 14.3. The number of nitriles is 2. The fourth-order valence-electron chi connectivity index (χ4n) is 5.41. The predicted octanol–water partition coefficient (Wildman–Crippen LogP) is 6.01. The van der Waals surface area contributed by atoms with Crippen LogP contribution in [-0.4, -0.2) is 68.7 Å². The van der Waals surface area contributed by atoms with Crippen molar-refractivity contribution in [1.29, 1.82) is 10.5 Å². The van der Waals surface area contributed by atoms with E-state index in [1.807, 2.05) is 70.5 Å². The van der Waals surface area contributed by atoms with E-state index < -0.39 is 0 Å². The third kappa shape index (κ3) is 11.2. The molecule has 2 N–H and O–H groups in total. The van der Waals surface area contributed by atoms with E-state index in [9.17, 15) is 13.6 Å². The van der Waals surface area contributed by atoms with Gasteiger partial charge in [-0.25, -0.2) is 8.78 Å². The van der Waals surface area contributed by atoms with Crippen molar-refractivity contribution in [3.8, 4) is 12.1 Å². The maximum atomic E-state index is 14.1. The van der Waals surface area contributed by atoms with Crippen molar-refractivity contribution in [3.05, 3.63) is 130 Å². The van der Waals surface area contributed by atoms with Crippen molar-refractivity contribution < 1.29 is 18.7 Å². The number of alkyl halides is 1. The summed E-state index contributed by atoms with van der Waals surface area (Å²) >= 11 is 3.34. The van der Waals surface area contributed by atoms with Gasteiger partial charge in [0.05, 0.1) is 41.2 Å². The van der Waals surface area contributed by atoms with Gasteiger partial charge in [-0.1, -0.05) is 64.5 Å². The van der Waals surface area contributed by atoms with Crippen LogP contribution in [0.4, 0.5) is 20.2 Å². The first-order valence-electron chi connectivity index (χ1n) is 16.0. The van der Waals surface area contributed by atoms with Crippen LogP contribution in [0.25, 0.3) is 0 Å². The first kappa shape index (κ1) is 37.2. The monoisotopic (exact) mass is 728 g/mol. The number of carbonyl (C=O) groups is 1. The highest BCUT2D eigenvalue weighted by Crippen LogP contribution is 2.23. The highest BCUT2D eigenvalue weighted by molar-refractivity contribution is 9.08. The molecule has 254 valence electrons. The standard InChI is InChI=1S/C19H18FN3O.C11H12FN3.C8H9BrO/c20-18-11-17(12-21)5-6-19(18)23-9-7-22(8-10-23)13-15-1-3-16(14-24)4-2-15;12-10-7-9(8-13)1-2-11(10)15-5-3-14-4-6-15;9-5-7-1-3-8(6-10)4-2-7/h1-6,11,14H,7-10,13H2;1-2,7,14H,3-6H2;1-4,10H,5-6H2. The van der Waals surface area contributed by atoms with Gasteiger partial charge in [-0.3, -0.25) is 9.69 Å². The minimum Gasteiger partial charge on any atom is -0.392 e. The van der Waals surface area contributed by atoms with Crippen LogP contribution in [-0.2, 0) is 18.5 Å². The molecule has 2 fully saturated rings. The summed E-state index contributed by atoms with van der Waals surface area (Å²) in [7, 11) is 0. The summed E-state index contributed by atoms with van der Waals surface area (Å²) in [5, 5.41) is 30.2. The highest BCUT2D eigenvalue weighted by atomic mass is 79.9. The molecule has 4 aromatic carbocycles. The zero-order valence-corrected chi connectivity index (χ0v) is 28.7. The van der Waals surface area contributed by atoms with Crippen molar-refractivity contribution in [2.45, 2.75) is 18.5 Å². The van der Waals surface area contributed by atoms with Gasteiger partial charge in [0.1, 0.15) is 17.9 Å². The smallest absolute Gasteiger partial charge is 0.150 e. The Morgan fingerprint density at radius 2 is 1.20 bits per heavy atom. The molecule has 0 saturated carbocycles. The Balaban J connectivity index is 0.000000184. The van der Waals surface area contributed by atoms with Crippen molar-refractivity contribution in [2.24, 2.45) is 0 Å². The first-order chi connectivity index (χ1) is 23.9. The number of rotatable bonds is 7. The molecule has 0 bridgehead atoms. The van der Waals surface area contributed by atoms with Crippen LogP contribution < -0.4 is 15.1 Å². The average Bonchev–Trinajstić information content (AvgIpc) is 3.16. The van der Waals surface area contributed by atoms with Crippen molar-refractivity contribution in [1.82, 2.24) is 10.2 Å². The fourth-order valence-corrected chi connectivity index (χ4v) is 5.79. The second-order valence-electron chi connectivity index (χ2n) is 11.5. The number of halogens is 3. The van der Waals surface area contributed by atoms with Crippen LogP contribution in [0.3, 0.4) is 0 Å². The number of hydrogen-bond donors (Lipinski definition) is 2. The van der Waals surface area contributed by atoms with Crippen molar-refractivity contribution in [3.63, 3.8) is 0 Å². The Bertz CT molecular complexity index is 1700. The number of aliphatic hydroxyl groups excluding tert-OH is 1. The van der Waals surface area contributed by atoms with Gasteiger partial charge in [-0.05, 0) is 53.1 Å². The average molecular weight is 730 g/mol. The molecule has 0 atom stereocenters. The number of aliphatic hydroxyl groups is 1. The first-order valence-corrected chi connectivity index (χ1v) is 17.1. The fraction of sp³-hybridized carbons (Fsp3) is 0.289. The number of aldehydes is 1. The predicted molar refractivity (Wildman–Crippen MR) is 192 cm³/mol. The minimum atomic E-state index is -0.341. The lowest BCUT2D eigenvalue weighted by molar-refractivity contribution is 0.112. The molecule has 0 amide bonds. The third-order valence-electron chi connectivity index (χ3n) is 8.21. The van der Waals surface area contributed by atoms with E-state index in [4.69, 9.17) is 15.6 Å². The number of nitrogens with one attached hydrogen (secondary N) is 1. The van der Waals surface area contributed by atoms with Crippen LogP contribution in [0.5, 0.6) is 0 Å². The summed E-state index contributed by atoms with van der Waals surface area (Å²) in [6.07, 6.45) is 0.842. The molecular weight excluding hydrogens is 690 g/mol. The molecule has 0 unspecified atom stereocenters. The zero-order valence-electron chi connectivity index (χ0n) is 27.2.